The molecule has 0 spiro atoms. The Bertz CT molecular complexity index is 968. The summed E-state index contributed by atoms with van der Waals surface area (Å²) in [5.41, 5.74) is 2.90. The number of ether oxygens (including phenoxy) is 2. The molecule has 2 aromatic heterocycles. The standard InChI is InChI=1S/C18H17N3O3S/c1-11-3-4-21-10-13(19-17(21)7-11)18(22)20-12-8-14-15(9-16(12)25-2)24-6-5-23-14/h3-4,7-10H,5-6H2,1-2H3,(H,20,22). The molecule has 3 aromatic rings. The van der Waals surface area contributed by atoms with Crippen LogP contribution in [0.25, 0.3) is 5.65 Å². The van der Waals surface area contributed by atoms with Crippen molar-refractivity contribution >= 4 is 29.0 Å². The van der Waals surface area contributed by atoms with E-state index in [-0.39, 0.29) is 5.91 Å². The molecule has 3 heterocycles. The minimum atomic E-state index is -0.256. The number of rotatable bonds is 3. The van der Waals surface area contributed by atoms with Crippen LogP contribution in [0, 0.1) is 6.92 Å². The molecule has 0 radical (unpaired) electrons. The number of nitrogens with one attached hydrogen (secondary N) is 1. The maximum absolute atomic E-state index is 12.6. The van der Waals surface area contributed by atoms with E-state index in [1.54, 1.807) is 12.3 Å². The molecular weight excluding hydrogens is 338 g/mol. The molecule has 1 aromatic carbocycles. The first-order valence-electron chi connectivity index (χ1n) is 7.88. The third kappa shape index (κ3) is 3.02. The average Bonchev–Trinajstić information content (AvgIpc) is 3.04. The number of nitrogens with zero attached hydrogens (tertiary/aromatic N) is 2. The number of aromatic nitrogens is 2. The highest BCUT2D eigenvalue weighted by molar-refractivity contribution is 7.98. The smallest absolute Gasteiger partial charge is 0.275 e. The molecule has 0 saturated heterocycles. The summed E-state index contributed by atoms with van der Waals surface area (Å²) in [6.45, 7) is 3.03. The normalized spacial score (nSPS) is 13.0. The van der Waals surface area contributed by atoms with Crippen LogP contribution in [0.5, 0.6) is 11.5 Å². The molecule has 0 unspecified atom stereocenters. The van der Waals surface area contributed by atoms with Crippen molar-refractivity contribution < 1.29 is 14.3 Å². The van der Waals surface area contributed by atoms with Crippen LogP contribution in [-0.4, -0.2) is 34.8 Å². The van der Waals surface area contributed by atoms with Gasteiger partial charge in [-0.25, -0.2) is 4.98 Å². The van der Waals surface area contributed by atoms with Gasteiger partial charge in [0.1, 0.15) is 24.6 Å². The summed E-state index contributed by atoms with van der Waals surface area (Å²) < 4.78 is 13.0. The second kappa shape index (κ2) is 6.33. The second-order valence-corrected chi connectivity index (χ2v) is 6.59. The van der Waals surface area contributed by atoms with Gasteiger partial charge in [0.15, 0.2) is 11.5 Å². The molecular formula is C18H17N3O3S. The van der Waals surface area contributed by atoms with Gasteiger partial charge in [-0.1, -0.05) is 0 Å². The van der Waals surface area contributed by atoms with Crippen molar-refractivity contribution in [1.82, 2.24) is 9.38 Å². The van der Waals surface area contributed by atoms with Crippen LogP contribution < -0.4 is 14.8 Å². The van der Waals surface area contributed by atoms with Crippen LogP contribution in [0.2, 0.25) is 0 Å². The molecule has 0 saturated carbocycles. The molecule has 0 aliphatic carbocycles. The van der Waals surface area contributed by atoms with Crippen molar-refractivity contribution in [2.24, 2.45) is 0 Å². The number of imidazole rings is 1. The zero-order chi connectivity index (χ0) is 17.4. The average molecular weight is 355 g/mol. The fourth-order valence-corrected chi connectivity index (χ4v) is 3.27. The van der Waals surface area contributed by atoms with Crippen molar-refractivity contribution in [2.45, 2.75) is 11.8 Å². The van der Waals surface area contributed by atoms with Crippen molar-refractivity contribution in [3.63, 3.8) is 0 Å². The van der Waals surface area contributed by atoms with Crippen molar-refractivity contribution in [1.29, 1.82) is 0 Å². The highest BCUT2D eigenvalue weighted by Gasteiger charge is 2.18. The third-order valence-corrected chi connectivity index (χ3v) is 4.74. The predicted octanol–water partition coefficient (Wildman–Crippen LogP) is 3.39. The lowest BCUT2D eigenvalue weighted by Crippen LogP contribution is -2.17. The van der Waals surface area contributed by atoms with E-state index in [4.69, 9.17) is 9.47 Å². The number of aryl methyl sites for hydroxylation is 1. The van der Waals surface area contributed by atoms with E-state index in [0.717, 1.165) is 16.1 Å². The molecule has 25 heavy (non-hydrogen) atoms. The maximum Gasteiger partial charge on any atom is 0.275 e. The van der Waals surface area contributed by atoms with Gasteiger partial charge in [-0.05, 0) is 36.9 Å². The fourth-order valence-electron chi connectivity index (χ4n) is 2.72. The van der Waals surface area contributed by atoms with Gasteiger partial charge in [0, 0.05) is 23.4 Å². The number of pyridine rings is 1. The molecule has 7 heteroatoms. The number of fused-ring (bicyclic) bond motifs is 2. The lowest BCUT2D eigenvalue weighted by Gasteiger charge is -2.20. The van der Waals surface area contributed by atoms with E-state index < -0.39 is 0 Å². The highest BCUT2D eigenvalue weighted by atomic mass is 32.2. The first-order valence-corrected chi connectivity index (χ1v) is 9.11. The molecule has 1 aliphatic rings. The van der Waals surface area contributed by atoms with Gasteiger partial charge in [-0.15, -0.1) is 11.8 Å². The van der Waals surface area contributed by atoms with Crippen LogP contribution in [0.15, 0.2) is 41.6 Å². The third-order valence-electron chi connectivity index (χ3n) is 3.96. The zero-order valence-corrected chi connectivity index (χ0v) is 14.7. The van der Waals surface area contributed by atoms with E-state index in [1.165, 1.54) is 11.8 Å². The largest absolute Gasteiger partial charge is 0.486 e. The second-order valence-electron chi connectivity index (χ2n) is 5.75. The number of carbonyl (C=O) groups excluding carboxylic acids is 1. The summed E-state index contributed by atoms with van der Waals surface area (Å²) in [6.07, 6.45) is 5.57. The Hall–Kier alpha value is -2.67. The van der Waals surface area contributed by atoms with E-state index in [0.29, 0.717) is 36.1 Å². The van der Waals surface area contributed by atoms with Gasteiger partial charge in [-0.2, -0.15) is 0 Å². The van der Waals surface area contributed by atoms with Crippen LogP contribution >= 0.6 is 11.8 Å². The first-order chi connectivity index (χ1) is 12.1. The monoisotopic (exact) mass is 355 g/mol. The van der Waals surface area contributed by atoms with Crippen molar-refractivity contribution in [3.8, 4) is 11.5 Å². The number of carbonyl (C=O) groups is 1. The molecule has 1 aliphatic heterocycles. The number of anilines is 1. The number of hydrogen-bond donors (Lipinski definition) is 1. The van der Waals surface area contributed by atoms with Gasteiger partial charge in [0.05, 0.1) is 5.69 Å². The molecule has 6 nitrogen and oxygen atoms in total. The number of thioether (sulfide) groups is 1. The van der Waals surface area contributed by atoms with E-state index in [2.05, 4.69) is 10.3 Å². The summed E-state index contributed by atoms with van der Waals surface area (Å²) in [4.78, 5) is 18.0. The van der Waals surface area contributed by atoms with Crippen LogP contribution in [-0.2, 0) is 0 Å². The quantitative estimate of drug-likeness (QED) is 0.730. The Morgan fingerprint density at radius 2 is 2.00 bits per heavy atom. The Balaban J connectivity index is 1.65. The summed E-state index contributed by atoms with van der Waals surface area (Å²) >= 11 is 1.54. The fraction of sp³-hybridized carbons (Fsp3) is 0.222. The van der Waals surface area contributed by atoms with E-state index >= 15 is 0 Å². The molecule has 0 fully saturated rings. The lowest BCUT2D eigenvalue weighted by molar-refractivity contribution is 0.102. The minimum Gasteiger partial charge on any atom is -0.486 e. The van der Waals surface area contributed by atoms with E-state index in [9.17, 15) is 4.79 Å². The van der Waals surface area contributed by atoms with Gasteiger partial charge < -0.3 is 19.2 Å². The van der Waals surface area contributed by atoms with Crippen molar-refractivity contribution in [2.75, 3.05) is 24.8 Å². The zero-order valence-electron chi connectivity index (χ0n) is 13.9. The maximum atomic E-state index is 12.6. The first kappa shape index (κ1) is 15.8. The molecule has 1 amide bonds. The molecule has 4 rings (SSSR count). The molecule has 0 atom stereocenters. The minimum absolute atomic E-state index is 0.256. The Labute approximate surface area is 149 Å². The van der Waals surface area contributed by atoms with Gasteiger partial charge >= 0.3 is 0 Å². The number of amides is 1. The lowest BCUT2D eigenvalue weighted by atomic mass is 10.2. The highest BCUT2D eigenvalue weighted by Crippen LogP contribution is 2.39. The predicted molar refractivity (Wildman–Crippen MR) is 97.1 cm³/mol. The number of benzene rings is 1. The summed E-state index contributed by atoms with van der Waals surface area (Å²) in [5, 5.41) is 2.93. The number of hydrogen-bond acceptors (Lipinski definition) is 5. The summed E-state index contributed by atoms with van der Waals surface area (Å²) in [7, 11) is 0. The molecule has 128 valence electrons. The van der Waals surface area contributed by atoms with Crippen molar-refractivity contribution in [3.05, 3.63) is 47.9 Å². The van der Waals surface area contributed by atoms with Crippen LogP contribution in [0.3, 0.4) is 0 Å². The summed E-state index contributed by atoms with van der Waals surface area (Å²) in [6, 6.07) is 7.61. The van der Waals surface area contributed by atoms with Gasteiger partial charge in [0.2, 0.25) is 0 Å². The summed E-state index contributed by atoms with van der Waals surface area (Å²) in [5.74, 6) is 1.09. The van der Waals surface area contributed by atoms with Crippen LogP contribution in [0.4, 0.5) is 5.69 Å². The SMILES string of the molecule is CSc1cc2c(cc1NC(=O)c1cn3ccc(C)cc3n1)OCCO2. The molecule has 1 N–H and O–H groups in total. The Kier molecular flexibility index (Phi) is 4.01. The Morgan fingerprint density at radius 3 is 2.76 bits per heavy atom. The van der Waals surface area contributed by atoms with Gasteiger partial charge in [0.25, 0.3) is 5.91 Å². The topological polar surface area (TPSA) is 64.9 Å². The Morgan fingerprint density at radius 1 is 1.24 bits per heavy atom. The molecule has 0 bridgehead atoms. The van der Waals surface area contributed by atoms with Crippen LogP contribution in [0.1, 0.15) is 16.1 Å². The van der Waals surface area contributed by atoms with Gasteiger partial charge in [-0.3, -0.25) is 4.79 Å². The van der Waals surface area contributed by atoms with E-state index in [1.807, 2.05) is 42.0 Å².